The molecular formula is C14H29N3O2S. The van der Waals surface area contributed by atoms with Crippen LogP contribution in [0.1, 0.15) is 46.0 Å². The third-order valence-electron chi connectivity index (χ3n) is 4.57. The Hall–Kier alpha value is -0.170. The van der Waals surface area contributed by atoms with Crippen molar-refractivity contribution in [2.24, 2.45) is 0 Å². The molecule has 2 aliphatic heterocycles. The van der Waals surface area contributed by atoms with Crippen LogP contribution in [0.2, 0.25) is 0 Å². The summed E-state index contributed by atoms with van der Waals surface area (Å²) in [6.45, 7) is 4.76. The molecule has 0 spiro atoms. The van der Waals surface area contributed by atoms with Gasteiger partial charge in [-0.1, -0.05) is 6.42 Å². The van der Waals surface area contributed by atoms with E-state index in [1.54, 1.807) is 0 Å². The first kappa shape index (κ1) is 16.2. The molecule has 0 aliphatic carbocycles. The number of sulfonamides is 1. The number of rotatable bonds is 5. The first-order valence-corrected chi connectivity index (χ1v) is 9.51. The number of hydrogen-bond donors (Lipinski definition) is 2. The van der Waals surface area contributed by atoms with E-state index in [0.717, 1.165) is 6.54 Å². The van der Waals surface area contributed by atoms with E-state index >= 15 is 0 Å². The van der Waals surface area contributed by atoms with Crippen molar-refractivity contribution in [1.82, 2.24) is 14.9 Å². The molecule has 0 amide bonds. The van der Waals surface area contributed by atoms with Crippen LogP contribution in [-0.4, -0.2) is 56.8 Å². The molecule has 2 atom stereocenters. The van der Waals surface area contributed by atoms with Crippen LogP contribution in [0.3, 0.4) is 0 Å². The monoisotopic (exact) mass is 303 g/mol. The second-order valence-electron chi connectivity index (χ2n) is 7.13. The Bertz CT molecular complexity index is 422. The minimum absolute atomic E-state index is 0.409. The van der Waals surface area contributed by atoms with Crippen LogP contribution in [0.25, 0.3) is 0 Å². The first-order valence-electron chi connectivity index (χ1n) is 7.62. The van der Waals surface area contributed by atoms with Crippen molar-refractivity contribution < 1.29 is 8.42 Å². The average molecular weight is 303 g/mol. The summed E-state index contributed by atoms with van der Waals surface area (Å²) in [5.41, 5.74) is -0.409. The van der Waals surface area contributed by atoms with Gasteiger partial charge >= 0.3 is 0 Å². The van der Waals surface area contributed by atoms with Gasteiger partial charge in [0.15, 0.2) is 0 Å². The first-order chi connectivity index (χ1) is 9.20. The predicted octanol–water partition coefficient (Wildman–Crippen LogP) is 0.919. The van der Waals surface area contributed by atoms with Crippen molar-refractivity contribution in [2.45, 2.75) is 69.6 Å². The van der Waals surface area contributed by atoms with Crippen LogP contribution in [0.4, 0.5) is 0 Å². The zero-order valence-corrected chi connectivity index (χ0v) is 14.0. The van der Waals surface area contributed by atoms with Crippen LogP contribution in [0, 0.1) is 0 Å². The largest absolute Gasteiger partial charge is 0.317 e. The molecule has 0 saturated carbocycles. The maximum atomic E-state index is 11.5. The molecule has 2 rings (SSSR count). The van der Waals surface area contributed by atoms with E-state index in [1.807, 2.05) is 20.9 Å². The van der Waals surface area contributed by atoms with Gasteiger partial charge in [-0.05, 0) is 46.6 Å². The highest BCUT2D eigenvalue weighted by Crippen LogP contribution is 2.34. The van der Waals surface area contributed by atoms with Gasteiger partial charge in [0, 0.05) is 30.2 Å². The molecule has 5 nitrogen and oxygen atoms in total. The molecule has 0 aromatic heterocycles. The molecule has 6 heteroatoms. The predicted molar refractivity (Wildman–Crippen MR) is 82.3 cm³/mol. The van der Waals surface area contributed by atoms with Crippen LogP contribution in [0.15, 0.2) is 0 Å². The average Bonchev–Trinajstić information content (AvgIpc) is 2.24. The van der Waals surface area contributed by atoms with Gasteiger partial charge in [0.25, 0.3) is 0 Å². The van der Waals surface area contributed by atoms with E-state index in [-0.39, 0.29) is 0 Å². The maximum absolute atomic E-state index is 11.5. The van der Waals surface area contributed by atoms with E-state index in [1.165, 1.54) is 38.4 Å². The minimum atomic E-state index is -3.16. The summed E-state index contributed by atoms with van der Waals surface area (Å²) in [5, 5.41) is 3.42. The molecule has 2 saturated heterocycles. The quantitative estimate of drug-likeness (QED) is 0.793. The fraction of sp³-hybridized carbons (Fsp3) is 1.00. The lowest BCUT2D eigenvalue weighted by atomic mass is 9.81. The summed E-state index contributed by atoms with van der Waals surface area (Å²) in [7, 11) is -1.11. The lowest BCUT2D eigenvalue weighted by molar-refractivity contribution is 0.0107. The van der Waals surface area contributed by atoms with Crippen molar-refractivity contribution in [3.8, 4) is 0 Å². The summed E-state index contributed by atoms with van der Waals surface area (Å²) in [6.07, 6.45) is 7.39. The van der Waals surface area contributed by atoms with Crippen molar-refractivity contribution in [3.63, 3.8) is 0 Å². The zero-order chi connectivity index (χ0) is 15.0. The molecule has 20 heavy (non-hydrogen) atoms. The minimum Gasteiger partial charge on any atom is -0.317 e. The lowest BCUT2D eigenvalue weighted by Crippen LogP contribution is -2.61. The molecule has 2 N–H and O–H groups in total. The maximum Gasteiger partial charge on any atom is 0.209 e. The summed E-state index contributed by atoms with van der Waals surface area (Å²) >= 11 is 0. The zero-order valence-electron chi connectivity index (χ0n) is 13.1. The molecule has 0 aromatic carbocycles. The molecule has 2 heterocycles. The number of hydrogen-bond acceptors (Lipinski definition) is 4. The van der Waals surface area contributed by atoms with Gasteiger partial charge in [0.2, 0.25) is 10.0 Å². The highest BCUT2D eigenvalue weighted by Gasteiger charge is 2.40. The molecule has 2 aliphatic rings. The van der Waals surface area contributed by atoms with E-state index in [9.17, 15) is 8.42 Å². The van der Waals surface area contributed by atoms with Crippen LogP contribution >= 0.6 is 0 Å². The Balaban J connectivity index is 2.05. The third kappa shape index (κ3) is 4.16. The van der Waals surface area contributed by atoms with Crippen molar-refractivity contribution >= 4 is 10.0 Å². The topological polar surface area (TPSA) is 61.4 Å². The van der Waals surface area contributed by atoms with Gasteiger partial charge in [-0.15, -0.1) is 0 Å². The van der Waals surface area contributed by atoms with Gasteiger partial charge in [-0.2, -0.15) is 0 Å². The lowest BCUT2D eigenvalue weighted by Gasteiger charge is -2.51. The normalized spacial score (nSPS) is 32.3. The summed E-state index contributed by atoms with van der Waals surface area (Å²) < 4.78 is 25.8. The molecule has 0 radical (unpaired) electrons. The standard InChI is InChI=1S/C14H29N3O2S/c1-14(2,16-20(4,18)19)10-17-12-6-5-7-13(17)9-11(8-12)15-3/h11-13,15-16H,5-10H2,1-4H3. The number of fused-ring (bicyclic) bond motifs is 2. The number of nitrogens with one attached hydrogen (secondary N) is 2. The summed E-state index contributed by atoms with van der Waals surface area (Å²) in [4.78, 5) is 2.55. The highest BCUT2D eigenvalue weighted by atomic mass is 32.2. The smallest absolute Gasteiger partial charge is 0.209 e. The molecule has 0 aromatic rings. The SMILES string of the molecule is CNC1CC2CCCC(C1)N2CC(C)(C)NS(C)(=O)=O. The number of nitrogens with zero attached hydrogens (tertiary/aromatic N) is 1. The van der Waals surface area contributed by atoms with Gasteiger partial charge in [0.1, 0.15) is 0 Å². The van der Waals surface area contributed by atoms with Gasteiger partial charge in [-0.25, -0.2) is 13.1 Å². The summed E-state index contributed by atoms with van der Waals surface area (Å²) in [6, 6.07) is 1.81. The van der Waals surface area contributed by atoms with Gasteiger partial charge < -0.3 is 5.32 Å². The Morgan fingerprint density at radius 2 is 1.75 bits per heavy atom. The van der Waals surface area contributed by atoms with Gasteiger partial charge in [0.05, 0.1) is 6.26 Å². The summed E-state index contributed by atoms with van der Waals surface area (Å²) in [5.74, 6) is 0. The van der Waals surface area contributed by atoms with E-state index in [4.69, 9.17) is 0 Å². The molecular weight excluding hydrogens is 274 g/mol. The van der Waals surface area contributed by atoms with Crippen LogP contribution in [0.5, 0.6) is 0 Å². The second kappa shape index (κ2) is 5.91. The Morgan fingerprint density at radius 3 is 2.20 bits per heavy atom. The fourth-order valence-electron chi connectivity index (χ4n) is 3.96. The molecule has 2 fully saturated rings. The van der Waals surface area contributed by atoms with Gasteiger partial charge in [-0.3, -0.25) is 4.90 Å². The van der Waals surface area contributed by atoms with Crippen molar-refractivity contribution in [2.75, 3.05) is 19.8 Å². The Morgan fingerprint density at radius 1 is 1.20 bits per heavy atom. The van der Waals surface area contributed by atoms with Crippen LogP contribution < -0.4 is 10.0 Å². The van der Waals surface area contributed by atoms with Crippen molar-refractivity contribution in [3.05, 3.63) is 0 Å². The Labute approximate surface area is 123 Å². The van der Waals surface area contributed by atoms with Crippen molar-refractivity contribution in [1.29, 1.82) is 0 Å². The second-order valence-corrected chi connectivity index (χ2v) is 8.87. The fourth-order valence-corrected chi connectivity index (χ4v) is 5.03. The van der Waals surface area contributed by atoms with E-state index < -0.39 is 15.6 Å². The van der Waals surface area contributed by atoms with E-state index in [2.05, 4.69) is 14.9 Å². The Kier molecular flexibility index (Phi) is 4.79. The highest BCUT2D eigenvalue weighted by molar-refractivity contribution is 7.88. The number of piperidine rings is 2. The molecule has 2 unspecified atom stereocenters. The molecule has 2 bridgehead atoms. The molecule has 118 valence electrons. The third-order valence-corrected chi connectivity index (χ3v) is 5.50. The van der Waals surface area contributed by atoms with E-state index in [0.29, 0.717) is 18.1 Å². The van der Waals surface area contributed by atoms with Crippen LogP contribution in [-0.2, 0) is 10.0 Å².